The molecule has 6 nitrogen and oxygen atoms in total. The fraction of sp³-hybridized carbons (Fsp3) is 0.529. The van der Waals surface area contributed by atoms with Crippen LogP contribution in [0.1, 0.15) is 37.1 Å². The normalized spacial score (nSPS) is 16.8. The van der Waals surface area contributed by atoms with Crippen LogP contribution < -0.4 is 9.80 Å². The number of thioether (sulfide) groups is 1. The van der Waals surface area contributed by atoms with Gasteiger partial charge in [0.15, 0.2) is 0 Å². The van der Waals surface area contributed by atoms with E-state index in [9.17, 15) is 10.0 Å². The van der Waals surface area contributed by atoms with Crippen LogP contribution in [0.3, 0.4) is 0 Å². The van der Waals surface area contributed by atoms with E-state index in [0.29, 0.717) is 18.1 Å². The number of amides is 1. The summed E-state index contributed by atoms with van der Waals surface area (Å²) in [4.78, 5) is 16.0. The zero-order valence-electron chi connectivity index (χ0n) is 14.4. The minimum Gasteiger partial charge on any atom is -0.627 e. The zero-order chi connectivity index (χ0) is 17.7. The second-order valence-electron chi connectivity index (χ2n) is 6.11. The monoisotopic (exact) mass is 352 g/mol. The van der Waals surface area contributed by atoms with Gasteiger partial charge in [0.1, 0.15) is 12.3 Å². The van der Waals surface area contributed by atoms with E-state index in [4.69, 9.17) is 9.47 Å². The molecule has 1 unspecified atom stereocenters. The predicted octanol–water partition coefficient (Wildman–Crippen LogP) is 1.75. The summed E-state index contributed by atoms with van der Waals surface area (Å²) >= 11 is 1.60. The number of hydrogen-bond acceptors (Lipinski definition) is 6. The van der Waals surface area contributed by atoms with Crippen molar-refractivity contribution in [3.63, 3.8) is 0 Å². The van der Waals surface area contributed by atoms with E-state index in [2.05, 4.69) is 11.6 Å². The minimum absolute atomic E-state index is 0.114. The largest absolute Gasteiger partial charge is 0.627 e. The minimum atomic E-state index is -0.650. The maximum Gasteiger partial charge on any atom is 0.313 e. The van der Waals surface area contributed by atoms with Crippen molar-refractivity contribution in [3.05, 3.63) is 40.9 Å². The molecular formula is C17H24N2O4S. The van der Waals surface area contributed by atoms with Gasteiger partial charge in [0.25, 0.3) is 0 Å². The molecule has 1 aromatic rings. The third-order valence-corrected chi connectivity index (χ3v) is 4.70. The number of fused-ring (bicyclic) bond motifs is 1. The van der Waals surface area contributed by atoms with Gasteiger partial charge in [-0.2, -0.15) is 11.8 Å². The second-order valence-corrected chi connectivity index (χ2v) is 7.21. The second kappa shape index (κ2) is 8.11. The first kappa shape index (κ1) is 18.9. The van der Waals surface area contributed by atoms with Gasteiger partial charge in [-0.25, -0.2) is 4.79 Å². The topological polar surface area (TPSA) is 75.9 Å². The summed E-state index contributed by atoms with van der Waals surface area (Å²) in [6, 6.07) is 0. The molecule has 0 spiro atoms. The van der Waals surface area contributed by atoms with Crippen LogP contribution in [0.25, 0.3) is 0 Å². The predicted molar refractivity (Wildman–Crippen MR) is 93.6 cm³/mol. The molecule has 7 heteroatoms. The van der Waals surface area contributed by atoms with Crippen molar-refractivity contribution in [1.29, 1.82) is 0 Å². The summed E-state index contributed by atoms with van der Waals surface area (Å²) in [6.45, 7) is 9.74. The fourth-order valence-corrected chi connectivity index (χ4v) is 3.29. The van der Waals surface area contributed by atoms with Crippen molar-refractivity contribution in [3.8, 4) is 5.75 Å². The van der Waals surface area contributed by atoms with Gasteiger partial charge in [-0.05, 0) is 18.6 Å². The highest BCUT2D eigenvalue weighted by Crippen LogP contribution is 2.36. The number of quaternary nitrogens is 1. The van der Waals surface area contributed by atoms with Gasteiger partial charge in [-0.15, -0.1) is 0 Å². The van der Waals surface area contributed by atoms with E-state index >= 15 is 0 Å². The Bertz CT molecular complexity index is 619. The molecule has 0 radical (unpaired) electrons. The van der Waals surface area contributed by atoms with Crippen LogP contribution in [0.5, 0.6) is 5.75 Å². The van der Waals surface area contributed by atoms with Gasteiger partial charge in [0.05, 0.1) is 18.7 Å². The Labute approximate surface area is 146 Å². The number of ether oxygens (including phenoxy) is 2. The molecule has 24 heavy (non-hydrogen) atoms. The van der Waals surface area contributed by atoms with Crippen molar-refractivity contribution < 1.29 is 19.3 Å². The number of nitrogens with zero attached hydrogens (tertiary/aromatic N) is 1. The first-order valence-corrected chi connectivity index (χ1v) is 9.04. The van der Waals surface area contributed by atoms with E-state index in [1.807, 2.05) is 27.0 Å². The number of hydrogen-bond donors (Lipinski definition) is 1. The molecule has 2 rings (SSSR count). The lowest BCUT2D eigenvalue weighted by molar-refractivity contribution is -0.757. The number of pyridine rings is 1. The molecule has 1 aliphatic heterocycles. The third kappa shape index (κ3) is 4.80. The average molecular weight is 352 g/mol. The van der Waals surface area contributed by atoms with E-state index < -0.39 is 5.79 Å². The molecule has 0 aliphatic carbocycles. The highest BCUT2D eigenvalue weighted by Gasteiger charge is 2.30. The summed E-state index contributed by atoms with van der Waals surface area (Å²) in [7, 11) is 0. The van der Waals surface area contributed by atoms with Gasteiger partial charge in [0, 0.05) is 37.1 Å². The molecule has 0 fully saturated rings. The molecule has 1 atom stereocenters. The highest BCUT2D eigenvalue weighted by molar-refractivity contribution is 7.98. The third-order valence-electron chi connectivity index (χ3n) is 3.69. The average Bonchev–Trinajstić information content (AvgIpc) is 2.53. The molecule has 1 amide bonds. The van der Waals surface area contributed by atoms with E-state index in [1.165, 1.54) is 6.08 Å². The first-order chi connectivity index (χ1) is 11.3. The number of aromatic nitrogens is 1. The van der Waals surface area contributed by atoms with Gasteiger partial charge in [-0.1, -0.05) is 6.58 Å². The zero-order valence-corrected chi connectivity index (χ0v) is 15.2. The Kier molecular flexibility index (Phi) is 6.40. The Hall–Kier alpha value is -1.41. The number of rotatable bonds is 7. The number of carbonyl (C=O) groups excluding carboxylic acids is 1. The van der Waals surface area contributed by atoms with Gasteiger partial charge in [-0.3, -0.25) is 4.98 Å². The highest BCUT2D eigenvalue weighted by atomic mass is 32.2. The summed E-state index contributed by atoms with van der Waals surface area (Å²) < 4.78 is 11.6. The fourth-order valence-electron chi connectivity index (χ4n) is 2.35. The van der Waals surface area contributed by atoms with Crippen LogP contribution >= 0.6 is 11.8 Å². The van der Waals surface area contributed by atoms with E-state index in [1.54, 1.807) is 11.8 Å². The van der Waals surface area contributed by atoms with E-state index in [-0.39, 0.29) is 23.9 Å². The van der Waals surface area contributed by atoms with Crippen LogP contribution in [-0.2, 0) is 21.9 Å². The van der Waals surface area contributed by atoms with Crippen molar-refractivity contribution in [1.82, 2.24) is 4.98 Å². The van der Waals surface area contributed by atoms with Gasteiger partial charge < -0.3 is 19.7 Å². The van der Waals surface area contributed by atoms with Crippen molar-refractivity contribution in [2.24, 2.45) is 0 Å². The lowest BCUT2D eigenvalue weighted by atomic mass is 10.1. The molecule has 2 heterocycles. The Morgan fingerprint density at radius 2 is 2.33 bits per heavy atom. The van der Waals surface area contributed by atoms with Crippen LogP contribution in [0, 0.1) is 12.1 Å². The number of aryl methyl sites for hydroxylation is 1. The Morgan fingerprint density at radius 1 is 1.58 bits per heavy atom. The standard InChI is InChI=1S/C17H24N2O4S/c1-5-7-19(21)15(20)6-8-24-11-13-9-18-12(2)16-14(13)10-22-17(3,4)23-16/h5,9,19H,1,6-8,10-11H2,2-4H3. The SMILES string of the molecule is C=CC[NH+]([O-])C(=O)CCSCc1cnc(C)c2c1COC(C)(C)O2. The number of carbonyl (C=O) groups is 1. The molecular weight excluding hydrogens is 328 g/mol. The molecule has 1 N–H and O–H groups in total. The summed E-state index contributed by atoms with van der Waals surface area (Å²) in [6.07, 6.45) is 3.54. The quantitative estimate of drug-likeness (QED) is 0.458. The molecule has 0 aromatic carbocycles. The molecule has 1 aromatic heterocycles. The van der Waals surface area contributed by atoms with Crippen molar-refractivity contribution in [2.75, 3.05) is 12.3 Å². The summed E-state index contributed by atoms with van der Waals surface area (Å²) in [5.41, 5.74) is 2.91. The van der Waals surface area contributed by atoms with Crippen LogP contribution in [0.15, 0.2) is 18.9 Å². The Morgan fingerprint density at radius 3 is 3.04 bits per heavy atom. The number of hydroxylamine groups is 2. The van der Waals surface area contributed by atoms with Crippen LogP contribution in [-0.4, -0.2) is 29.0 Å². The molecule has 132 valence electrons. The molecule has 1 aliphatic rings. The summed E-state index contributed by atoms with van der Waals surface area (Å²) in [5, 5.41) is 11.1. The van der Waals surface area contributed by atoms with Crippen LogP contribution in [0.4, 0.5) is 0 Å². The molecule has 0 saturated heterocycles. The summed E-state index contributed by atoms with van der Waals surface area (Å²) in [5.74, 6) is 1.10. The molecule has 0 saturated carbocycles. The van der Waals surface area contributed by atoms with Crippen molar-refractivity contribution >= 4 is 17.7 Å². The van der Waals surface area contributed by atoms with Gasteiger partial charge in [0.2, 0.25) is 5.79 Å². The van der Waals surface area contributed by atoms with E-state index in [0.717, 1.165) is 22.6 Å². The maximum absolute atomic E-state index is 11.6. The first-order valence-electron chi connectivity index (χ1n) is 7.89. The van der Waals surface area contributed by atoms with Crippen LogP contribution in [0.2, 0.25) is 0 Å². The maximum atomic E-state index is 11.6. The Balaban J connectivity index is 1.92. The molecule has 0 bridgehead atoms. The lowest BCUT2D eigenvalue weighted by Gasteiger charge is -2.34. The smallest absolute Gasteiger partial charge is 0.313 e. The van der Waals surface area contributed by atoms with Crippen molar-refractivity contribution in [2.45, 2.75) is 45.3 Å². The van der Waals surface area contributed by atoms with Gasteiger partial charge >= 0.3 is 5.91 Å². The number of nitrogens with one attached hydrogen (secondary N) is 1. The lowest BCUT2D eigenvalue weighted by Crippen LogP contribution is -3.09.